The number of nitrogens with two attached hydrogens (primary N) is 1. The van der Waals surface area contributed by atoms with E-state index in [9.17, 15) is 0 Å². The van der Waals surface area contributed by atoms with Crippen molar-refractivity contribution in [2.45, 2.75) is 69.7 Å². The Labute approximate surface area is 98.7 Å². The van der Waals surface area contributed by atoms with Gasteiger partial charge in [-0.2, -0.15) is 0 Å². The van der Waals surface area contributed by atoms with Crippen molar-refractivity contribution < 1.29 is 9.47 Å². The van der Waals surface area contributed by atoms with Crippen LogP contribution in [-0.2, 0) is 9.47 Å². The fourth-order valence-electron chi connectivity index (χ4n) is 2.88. The first kappa shape index (κ1) is 12.3. The Morgan fingerprint density at radius 3 is 2.56 bits per heavy atom. The van der Waals surface area contributed by atoms with Gasteiger partial charge in [0.05, 0.1) is 24.4 Å². The van der Waals surface area contributed by atoms with Crippen molar-refractivity contribution >= 4 is 0 Å². The molecule has 0 aromatic heterocycles. The molecule has 1 aliphatic carbocycles. The Bertz CT molecular complexity index is 214. The van der Waals surface area contributed by atoms with Crippen LogP contribution in [0.3, 0.4) is 0 Å². The summed E-state index contributed by atoms with van der Waals surface area (Å²) in [6.07, 6.45) is 9.15. The lowest BCUT2D eigenvalue weighted by molar-refractivity contribution is -0.103. The minimum absolute atomic E-state index is 0.0343. The molecule has 1 heterocycles. The zero-order chi connectivity index (χ0) is 11.4. The van der Waals surface area contributed by atoms with Crippen LogP contribution < -0.4 is 5.73 Å². The van der Waals surface area contributed by atoms with Gasteiger partial charge in [0, 0.05) is 6.54 Å². The Morgan fingerprint density at radius 2 is 2.00 bits per heavy atom. The zero-order valence-electron chi connectivity index (χ0n) is 10.4. The molecule has 1 saturated carbocycles. The van der Waals surface area contributed by atoms with Gasteiger partial charge in [-0.3, -0.25) is 0 Å². The minimum atomic E-state index is -0.0343. The second-order valence-corrected chi connectivity index (χ2v) is 5.40. The van der Waals surface area contributed by atoms with E-state index >= 15 is 0 Å². The first-order chi connectivity index (χ1) is 7.74. The molecule has 1 aliphatic heterocycles. The zero-order valence-corrected chi connectivity index (χ0v) is 10.4. The van der Waals surface area contributed by atoms with E-state index in [1.54, 1.807) is 0 Å². The van der Waals surface area contributed by atoms with Crippen LogP contribution >= 0.6 is 0 Å². The molecule has 2 atom stereocenters. The standard InChI is InChI=1S/C13H25NO2/c1-11-5-6-12(16-11)9-15-13(10-14)7-3-2-4-8-13/h11-12H,2-10,14H2,1H3. The van der Waals surface area contributed by atoms with E-state index in [0.717, 1.165) is 25.9 Å². The van der Waals surface area contributed by atoms with Crippen molar-refractivity contribution in [1.29, 1.82) is 0 Å². The lowest BCUT2D eigenvalue weighted by atomic mass is 9.84. The van der Waals surface area contributed by atoms with Crippen LogP contribution in [0.25, 0.3) is 0 Å². The molecule has 0 spiro atoms. The maximum absolute atomic E-state index is 6.10. The molecule has 16 heavy (non-hydrogen) atoms. The van der Waals surface area contributed by atoms with Crippen molar-refractivity contribution in [3.8, 4) is 0 Å². The van der Waals surface area contributed by atoms with Gasteiger partial charge in [0.1, 0.15) is 0 Å². The summed E-state index contributed by atoms with van der Waals surface area (Å²) < 4.78 is 11.9. The predicted molar refractivity (Wildman–Crippen MR) is 64.4 cm³/mol. The molecule has 2 unspecified atom stereocenters. The van der Waals surface area contributed by atoms with E-state index in [2.05, 4.69) is 6.92 Å². The van der Waals surface area contributed by atoms with E-state index < -0.39 is 0 Å². The smallest absolute Gasteiger partial charge is 0.0813 e. The van der Waals surface area contributed by atoms with Gasteiger partial charge < -0.3 is 15.2 Å². The van der Waals surface area contributed by atoms with Crippen LogP contribution in [0.1, 0.15) is 51.9 Å². The highest BCUT2D eigenvalue weighted by molar-refractivity contribution is 4.86. The molecular weight excluding hydrogens is 202 g/mol. The highest BCUT2D eigenvalue weighted by Crippen LogP contribution is 2.31. The number of ether oxygens (including phenoxy) is 2. The number of rotatable bonds is 4. The van der Waals surface area contributed by atoms with E-state index in [-0.39, 0.29) is 5.60 Å². The second kappa shape index (κ2) is 5.48. The molecule has 94 valence electrons. The van der Waals surface area contributed by atoms with Crippen molar-refractivity contribution in [2.24, 2.45) is 5.73 Å². The summed E-state index contributed by atoms with van der Waals surface area (Å²) in [4.78, 5) is 0. The van der Waals surface area contributed by atoms with Crippen molar-refractivity contribution in [3.63, 3.8) is 0 Å². The van der Waals surface area contributed by atoms with Gasteiger partial charge in [-0.15, -0.1) is 0 Å². The number of hydrogen-bond donors (Lipinski definition) is 1. The Hall–Kier alpha value is -0.120. The van der Waals surface area contributed by atoms with E-state index in [1.807, 2.05) is 0 Å². The summed E-state index contributed by atoms with van der Waals surface area (Å²) in [5, 5.41) is 0. The molecule has 0 bridgehead atoms. The largest absolute Gasteiger partial charge is 0.373 e. The predicted octanol–water partition coefficient (Wildman–Crippen LogP) is 2.23. The molecule has 2 N–H and O–H groups in total. The second-order valence-electron chi connectivity index (χ2n) is 5.40. The normalized spacial score (nSPS) is 34.1. The minimum Gasteiger partial charge on any atom is -0.373 e. The summed E-state index contributed by atoms with van der Waals surface area (Å²) >= 11 is 0. The molecule has 0 aromatic rings. The molecule has 0 radical (unpaired) electrons. The quantitative estimate of drug-likeness (QED) is 0.801. The topological polar surface area (TPSA) is 44.5 Å². The molecular formula is C13H25NO2. The van der Waals surface area contributed by atoms with Gasteiger partial charge in [-0.25, -0.2) is 0 Å². The maximum atomic E-state index is 6.10. The summed E-state index contributed by atoms with van der Waals surface area (Å²) in [7, 11) is 0. The molecule has 2 rings (SSSR count). The highest BCUT2D eigenvalue weighted by atomic mass is 16.6. The van der Waals surface area contributed by atoms with Gasteiger partial charge in [0.2, 0.25) is 0 Å². The third-order valence-electron chi connectivity index (χ3n) is 4.03. The Morgan fingerprint density at radius 1 is 1.25 bits per heavy atom. The fraction of sp³-hybridized carbons (Fsp3) is 1.00. The van der Waals surface area contributed by atoms with Crippen molar-refractivity contribution in [1.82, 2.24) is 0 Å². The summed E-state index contributed by atoms with van der Waals surface area (Å²) in [6.45, 7) is 3.54. The van der Waals surface area contributed by atoms with Crippen LogP contribution in [0, 0.1) is 0 Å². The summed E-state index contributed by atoms with van der Waals surface area (Å²) in [6, 6.07) is 0. The van der Waals surface area contributed by atoms with Gasteiger partial charge in [0.15, 0.2) is 0 Å². The van der Waals surface area contributed by atoms with Gasteiger partial charge >= 0.3 is 0 Å². The Balaban J connectivity index is 1.78. The van der Waals surface area contributed by atoms with E-state index in [1.165, 1.54) is 25.7 Å². The van der Waals surface area contributed by atoms with Crippen molar-refractivity contribution in [2.75, 3.05) is 13.2 Å². The number of hydrogen-bond acceptors (Lipinski definition) is 3. The third kappa shape index (κ3) is 2.96. The SMILES string of the molecule is CC1CCC(COC2(CN)CCCCC2)O1. The average Bonchev–Trinajstić information content (AvgIpc) is 2.74. The van der Waals surface area contributed by atoms with E-state index in [4.69, 9.17) is 15.2 Å². The molecule has 1 saturated heterocycles. The monoisotopic (exact) mass is 227 g/mol. The summed E-state index contributed by atoms with van der Waals surface area (Å²) in [5.41, 5.74) is 5.85. The lowest BCUT2D eigenvalue weighted by Crippen LogP contribution is -2.44. The average molecular weight is 227 g/mol. The molecule has 2 fully saturated rings. The van der Waals surface area contributed by atoms with Crippen LogP contribution in [-0.4, -0.2) is 31.0 Å². The van der Waals surface area contributed by atoms with E-state index in [0.29, 0.717) is 18.8 Å². The molecule has 0 aromatic carbocycles. The molecule has 3 heteroatoms. The maximum Gasteiger partial charge on any atom is 0.0813 e. The van der Waals surface area contributed by atoms with Crippen LogP contribution in [0.5, 0.6) is 0 Å². The molecule has 0 amide bonds. The van der Waals surface area contributed by atoms with Gasteiger partial charge in [-0.05, 0) is 32.6 Å². The third-order valence-corrected chi connectivity index (χ3v) is 4.03. The molecule has 3 nitrogen and oxygen atoms in total. The fourth-order valence-corrected chi connectivity index (χ4v) is 2.88. The first-order valence-corrected chi connectivity index (χ1v) is 6.74. The van der Waals surface area contributed by atoms with Crippen LogP contribution in [0.4, 0.5) is 0 Å². The van der Waals surface area contributed by atoms with Crippen LogP contribution in [0.15, 0.2) is 0 Å². The highest BCUT2D eigenvalue weighted by Gasteiger charge is 2.33. The molecule has 2 aliphatic rings. The lowest BCUT2D eigenvalue weighted by Gasteiger charge is -2.37. The summed E-state index contributed by atoms with van der Waals surface area (Å²) in [5.74, 6) is 0. The van der Waals surface area contributed by atoms with Gasteiger partial charge in [-0.1, -0.05) is 19.3 Å². The van der Waals surface area contributed by atoms with Crippen LogP contribution in [0.2, 0.25) is 0 Å². The first-order valence-electron chi connectivity index (χ1n) is 6.74. The van der Waals surface area contributed by atoms with Crippen molar-refractivity contribution in [3.05, 3.63) is 0 Å². The Kier molecular flexibility index (Phi) is 4.22. The van der Waals surface area contributed by atoms with Gasteiger partial charge in [0.25, 0.3) is 0 Å².